The third-order valence-corrected chi connectivity index (χ3v) is 3.79. The first-order valence-electron chi connectivity index (χ1n) is 5.20. The lowest BCUT2D eigenvalue weighted by atomic mass is 10.0. The van der Waals surface area contributed by atoms with Gasteiger partial charge in [0.25, 0.3) is 0 Å². The molecular formula is C12H12BrFN2S. The fraction of sp³-hybridized carbons (Fsp3) is 0.250. The molecular weight excluding hydrogens is 303 g/mol. The summed E-state index contributed by atoms with van der Waals surface area (Å²) in [5, 5.41) is 5.25. The summed E-state index contributed by atoms with van der Waals surface area (Å²) in [4.78, 5) is 4.29. The lowest BCUT2D eigenvalue weighted by Crippen LogP contribution is -2.19. The van der Waals surface area contributed by atoms with Crippen molar-refractivity contribution in [3.63, 3.8) is 0 Å². The van der Waals surface area contributed by atoms with Crippen LogP contribution in [0.3, 0.4) is 0 Å². The van der Waals surface area contributed by atoms with E-state index in [-0.39, 0.29) is 11.9 Å². The first-order chi connectivity index (χ1) is 8.20. The first kappa shape index (κ1) is 12.7. The summed E-state index contributed by atoms with van der Waals surface area (Å²) in [5.41, 5.74) is 3.92. The van der Waals surface area contributed by atoms with E-state index in [9.17, 15) is 4.39 Å². The Morgan fingerprint density at radius 2 is 2.35 bits per heavy atom. The van der Waals surface area contributed by atoms with Crippen LogP contribution in [0, 0.1) is 5.82 Å². The van der Waals surface area contributed by atoms with E-state index in [0.29, 0.717) is 4.47 Å². The normalized spacial score (nSPS) is 12.6. The van der Waals surface area contributed by atoms with E-state index in [1.807, 2.05) is 24.0 Å². The van der Waals surface area contributed by atoms with Crippen LogP contribution in [0.2, 0.25) is 0 Å². The highest BCUT2D eigenvalue weighted by Crippen LogP contribution is 2.22. The number of likely N-dealkylation sites (N-methyl/N-ethyl adjacent to an activating group) is 1. The Kier molecular flexibility index (Phi) is 4.25. The van der Waals surface area contributed by atoms with Gasteiger partial charge in [-0.2, -0.15) is 0 Å². The van der Waals surface area contributed by atoms with Gasteiger partial charge in [0.05, 0.1) is 21.7 Å². The molecule has 1 heterocycles. The highest BCUT2D eigenvalue weighted by Gasteiger charge is 2.12. The van der Waals surface area contributed by atoms with Crippen molar-refractivity contribution in [3.8, 4) is 0 Å². The second kappa shape index (κ2) is 5.71. The number of rotatable bonds is 4. The van der Waals surface area contributed by atoms with Crippen molar-refractivity contribution < 1.29 is 4.39 Å². The van der Waals surface area contributed by atoms with E-state index >= 15 is 0 Å². The molecule has 0 spiro atoms. The van der Waals surface area contributed by atoms with Crippen LogP contribution in [0.15, 0.2) is 33.6 Å². The Balaban J connectivity index is 2.16. The summed E-state index contributed by atoms with van der Waals surface area (Å²) >= 11 is 4.78. The number of aromatic nitrogens is 1. The van der Waals surface area contributed by atoms with E-state index in [2.05, 4.69) is 26.2 Å². The van der Waals surface area contributed by atoms with Crippen molar-refractivity contribution >= 4 is 27.3 Å². The summed E-state index contributed by atoms with van der Waals surface area (Å²) in [5.74, 6) is -0.233. The van der Waals surface area contributed by atoms with Crippen molar-refractivity contribution in [2.24, 2.45) is 0 Å². The molecule has 5 heteroatoms. The van der Waals surface area contributed by atoms with Crippen LogP contribution in [0.5, 0.6) is 0 Å². The Morgan fingerprint density at radius 1 is 1.53 bits per heavy atom. The molecule has 2 aromatic rings. The van der Waals surface area contributed by atoms with E-state index in [1.54, 1.807) is 17.4 Å². The average molecular weight is 315 g/mol. The average Bonchev–Trinajstić information content (AvgIpc) is 2.84. The molecule has 0 aliphatic carbocycles. The van der Waals surface area contributed by atoms with Crippen molar-refractivity contribution in [2.75, 3.05) is 7.05 Å². The third kappa shape index (κ3) is 3.12. The zero-order valence-electron chi connectivity index (χ0n) is 9.28. The maximum atomic E-state index is 13.1. The molecule has 0 saturated heterocycles. The van der Waals surface area contributed by atoms with Crippen molar-refractivity contribution in [1.82, 2.24) is 10.3 Å². The van der Waals surface area contributed by atoms with Gasteiger partial charge < -0.3 is 5.32 Å². The number of benzene rings is 1. The topological polar surface area (TPSA) is 24.9 Å². The van der Waals surface area contributed by atoms with Crippen LogP contribution in [0.25, 0.3) is 0 Å². The SMILES string of the molecule is CNC(Cc1ccc(F)c(Br)c1)c1cscn1. The number of nitrogens with one attached hydrogen (secondary N) is 1. The van der Waals surface area contributed by atoms with Crippen molar-refractivity contribution in [1.29, 1.82) is 0 Å². The smallest absolute Gasteiger partial charge is 0.137 e. The molecule has 1 atom stereocenters. The number of hydrogen-bond acceptors (Lipinski definition) is 3. The molecule has 0 amide bonds. The van der Waals surface area contributed by atoms with Gasteiger partial charge in [0, 0.05) is 5.38 Å². The molecule has 2 rings (SSSR count). The van der Waals surface area contributed by atoms with E-state index in [4.69, 9.17) is 0 Å². The van der Waals surface area contributed by atoms with Crippen molar-refractivity contribution in [3.05, 3.63) is 50.6 Å². The molecule has 0 fully saturated rings. The molecule has 1 N–H and O–H groups in total. The lowest BCUT2D eigenvalue weighted by molar-refractivity contribution is 0.576. The van der Waals surface area contributed by atoms with Crippen molar-refractivity contribution in [2.45, 2.75) is 12.5 Å². The molecule has 1 aromatic carbocycles. The Morgan fingerprint density at radius 3 is 2.94 bits per heavy atom. The fourth-order valence-corrected chi connectivity index (χ4v) is 2.68. The first-order valence-corrected chi connectivity index (χ1v) is 6.93. The van der Waals surface area contributed by atoms with Crippen LogP contribution in [0.1, 0.15) is 17.3 Å². The quantitative estimate of drug-likeness (QED) is 0.933. The largest absolute Gasteiger partial charge is 0.311 e. The second-order valence-corrected chi connectivity index (χ2v) is 5.28. The minimum Gasteiger partial charge on any atom is -0.311 e. The maximum Gasteiger partial charge on any atom is 0.137 e. The summed E-state index contributed by atoms with van der Waals surface area (Å²) in [6.07, 6.45) is 0.791. The molecule has 0 aliphatic heterocycles. The van der Waals surface area contributed by atoms with Gasteiger partial charge in [0.15, 0.2) is 0 Å². The number of hydrogen-bond donors (Lipinski definition) is 1. The van der Waals surface area contributed by atoms with Gasteiger partial charge in [-0.05, 0) is 47.1 Å². The zero-order valence-corrected chi connectivity index (χ0v) is 11.7. The van der Waals surface area contributed by atoms with Crippen LogP contribution in [0.4, 0.5) is 4.39 Å². The molecule has 2 nitrogen and oxygen atoms in total. The predicted molar refractivity (Wildman–Crippen MR) is 71.7 cm³/mol. The van der Waals surface area contributed by atoms with Gasteiger partial charge in [0.2, 0.25) is 0 Å². The molecule has 17 heavy (non-hydrogen) atoms. The molecule has 0 radical (unpaired) electrons. The van der Waals surface area contributed by atoms with Gasteiger partial charge in [-0.1, -0.05) is 6.07 Å². The fourth-order valence-electron chi connectivity index (χ4n) is 1.65. The minimum atomic E-state index is -0.233. The molecule has 0 bridgehead atoms. The minimum absolute atomic E-state index is 0.165. The Labute approximate surface area is 112 Å². The van der Waals surface area contributed by atoms with Gasteiger partial charge in [-0.15, -0.1) is 11.3 Å². The van der Waals surface area contributed by atoms with E-state index < -0.39 is 0 Å². The summed E-state index contributed by atoms with van der Waals surface area (Å²) in [6.45, 7) is 0. The number of thiazole rings is 1. The van der Waals surface area contributed by atoms with Gasteiger partial charge in [-0.3, -0.25) is 0 Å². The van der Waals surface area contributed by atoms with Crippen LogP contribution >= 0.6 is 27.3 Å². The Hall–Kier alpha value is -0.780. The zero-order chi connectivity index (χ0) is 12.3. The molecule has 90 valence electrons. The molecule has 0 saturated carbocycles. The van der Waals surface area contributed by atoms with E-state index in [1.165, 1.54) is 6.07 Å². The van der Waals surface area contributed by atoms with Gasteiger partial charge in [0.1, 0.15) is 5.82 Å². The van der Waals surface area contributed by atoms with Crippen LogP contribution in [-0.2, 0) is 6.42 Å². The summed E-state index contributed by atoms with van der Waals surface area (Å²) in [7, 11) is 1.91. The molecule has 0 aliphatic rings. The standard InChI is InChI=1S/C12H12BrFN2S/c1-15-11(12-6-17-7-16-12)5-8-2-3-10(14)9(13)4-8/h2-4,6-7,11,15H,5H2,1H3. The Bertz CT molecular complexity index is 487. The lowest BCUT2D eigenvalue weighted by Gasteiger charge is -2.14. The van der Waals surface area contributed by atoms with Crippen LogP contribution < -0.4 is 5.32 Å². The van der Waals surface area contributed by atoms with Gasteiger partial charge >= 0.3 is 0 Å². The second-order valence-electron chi connectivity index (χ2n) is 3.71. The summed E-state index contributed by atoms with van der Waals surface area (Å²) < 4.78 is 13.6. The highest BCUT2D eigenvalue weighted by atomic mass is 79.9. The maximum absolute atomic E-state index is 13.1. The highest BCUT2D eigenvalue weighted by molar-refractivity contribution is 9.10. The molecule has 1 unspecified atom stereocenters. The molecule has 1 aromatic heterocycles. The number of nitrogens with zero attached hydrogens (tertiary/aromatic N) is 1. The number of halogens is 2. The predicted octanol–water partition coefficient (Wildman–Crippen LogP) is 3.55. The summed E-state index contributed by atoms with van der Waals surface area (Å²) in [6, 6.07) is 5.26. The van der Waals surface area contributed by atoms with Gasteiger partial charge in [-0.25, -0.2) is 9.37 Å². The third-order valence-electron chi connectivity index (χ3n) is 2.58. The van der Waals surface area contributed by atoms with E-state index in [0.717, 1.165) is 17.7 Å². The van der Waals surface area contributed by atoms with Crippen LogP contribution in [-0.4, -0.2) is 12.0 Å². The monoisotopic (exact) mass is 314 g/mol.